The van der Waals surface area contributed by atoms with Crippen molar-refractivity contribution in [1.82, 2.24) is 0 Å². The van der Waals surface area contributed by atoms with E-state index in [1.54, 1.807) is 18.2 Å². The Labute approximate surface area is 134 Å². The zero-order chi connectivity index (χ0) is 15.3. The lowest BCUT2D eigenvalue weighted by Crippen LogP contribution is -2.09. The number of hydrogen-bond acceptors (Lipinski definition) is 3. The number of carbonyl (C=O) groups is 1. The number of rotatable bonds is 6. The van der Waals surface area contributed by atoms with Crippen molar-refractivity contribution in [3.63, 3.8) is 0 Å². The maximum atomic E-state index is 10.3. The van der Waals surface area contributed by atoms with Gasteiger partial charge in [-0.15, -0.1) is 0 Å². The third-order valence-corrected chi connectivity index (χ3v) is 4.03. The van der Waals surface area contributed by atoms with Crippen LogP contribution in [0.3, 0.4) is 0 Å². The molecule has 20 heavy (non-hydrogen) atoms. The van der Waals surface area contributed by atoms with Crippen molar-refractivity contribution < 1.29 is 20.1 Å². The molecule has 0 aliphatic rings. The molecule has 0 fully saturated rings. The number of aliphatic hydroxyl groups excluding tert-OH is 1. The second-order valence-corrected chi connectivity index (χ2v) is 6.34. The first-order valence-corrected chi connectivity index (χ1v) is 7.67. The molecule has 0 aliphatic heterocycles. The van der Waals surface area contributed by atoms with Gasteiger partial charge in [0.15, 0.2) is 0 Å². The molecule has 110 valence electrons. The number of carboxylic acid groups (broad SMARTS) is 1. The quantitative estimate of drug-likeness (QED) is 0.622. The number of halogens is 2. The van der Waals surface area contributed by atoms with E-state index >= 15 is 0 Å². The largest absolute Gasteiger partial charge is 0.506 e. The summed E-state index contributed by atoms with van der Waals surface area (Å²) in [4.78, 5) is 10.3. The van der Waals surface area contributed by atoms with Crippen molar-refractivity contribution >= 4 is 37.8 Å². The average Bonchev–Trinajstić information content (AvgIpc) is 2.37. The molecule has 0 spiro atoms. The minimum Gasteiger partial charge on any atom is -0.506 e. The number of phenols is 1. The summed E-state index contributed by atoms with van der Waals surface area (Å²) in [6.07, 6.45) is 3.01. The number of aliphatic hydroxyl groups is 1. The van der Waals surface area contributed by atoms with E-state index in [1.807, 2.05) is 6.92 Å². The van der Waals surface area contributed by atoms with Crippen LogP contribution in [0.15, 0.2) is 33.2 Å². The molecule has 0 saturated heterocycles. The fourth-order valence-corrected chi connectivity index (χ4v) is 3.08. The Morgan fingerprint density at radius 1 is 1.40 bits per heavy atom. The lowest BCUT2D eigenvalue weighted by Gasteiger charge is -2.20. The summed E-state index contributed by atoms with van der Waals surface area (Å²) in [5, 5.41) is 28.7. The van der Waals surface area contributed by atoms with Gasteiger partial charge >= 0.3 is 5.97 Å². The van der Waals surface area contributed by atoms with Crippen LogP contribution in [0, 0.1) is 5.92 Å². The second kappa shape index (κ2) is 7.81. The van der Waals surface area contributed by atoms with Crippen LogP contribution in [-0.2, 0) is 4.79 Å². The minimum atomic E-state index is -0.980. The van der Waals surface area contributed by atoms with Gasteiger partial charge in [-0.05, 0) is 46.8 Å². The standard InChI is InChI=1S/C14H16Br2O4/c1-8(4-2-3-5-12(17)18)13(19)10-6-9(15)7-11(16)14(10)20/h3,5-8,13,19-20H,2,4H2,1H3,(H,17,18)/b5-3+/t8-,13-/m1/s1. The SMILES string of the molecule is C[C@H](CC/C=C/C(=O)O)[C@@H](O)c1cc(Br)cc(Br)c1O. The van der Waals surface area contributed by atoms with Gasteiger partial charge in [0.05, 0.1) is 10.6 Å². The van der Waals surface area contributed by atoms with Gasteiger partial charge in [-0.2, -0.15) is 0 Å². The lowest BCUT2D eigenvalue weighted by molar-refractivity contribution is -0.131. The fraction of sp³-hybridized carbons (Fsp3) is 0.357. The molecule has 0 aromatic heterocycles. The molecule has 0 bridgehead atoms. The third-order valence-electron chi connectivity index (χ3n) is 2.96. The van der Waals surface area contributed by atoms with E-state index in [1.165, 1.54) is 0 Å². The molecule has 0 heterocycles. The summed E-state index contributed by atoms with van der Waals surface area (Å²) in [6.45, 7) is 1.85. The van der Waals surface area contributed by atoms with Gasteiger partial charge < -0.3 is 15.3 Å². The molecule has 0 amide bonds. The van der Waals surface area contributed by atoms with Gasteiger partial charge in [0.1, 0.15) is 5.75 Å². The number of allylic oxidation sites excluding steroid dienone is 1. The van der Waals surface area contributed by atoms with E-state index in [0.29, 0.717) is 22.9 Å². The maximum absolute atomic E-state index is 10.3. The fourth-order valence-electron chi connectivity index (χ4n) is 1.82. The molecule has 2 atom stereocenters. The number of carboxylic acids is 1. The van der Waals surface area contributed by atoms with E-state index in [9.17, 15) is 15.0 Å². The molecule has 1 aromatic carbocycles. The van der Waals surface area contributed by atoms with E-state index in [2.05, 4.69) is 31.9 Å². The van der Waals surface area contributed by atoms with Crippen LogP contribution in [-0.4, -0.2) is 21.3 Å². The molecular weight excluding hydrogens is 392 g/mol. The number of benzene rings is 1. The van der Waals surface area contributed by atoms with Gasteiger partial charge in [0.25, 0.3) is 0 Å². The normalized spacial score (nSPS) is 14.4. The van der Waals surface area contributed by atoms with E-state index in [0.717, 1.165) is 10.5 Å². The number of hydrogen-bond donors (Lipinski definition) is 3. The van der Waals surface area contributed by atoms with Crippen LogP contribution in [0.5, 0.6) is 5.75 Å². The topological polar surface area (TPSA) is 77.8 Å². The monoisotopic (exact) mass is 406 g/mol. The minimum absolute atomic E-state index is 0.0219. The smallest absolute Gasteiger partial charge is 0.327 e. The van der Waals surface area contributed by atoms with Gasteiger partial charge in [-0.25, -0.2) is 4.79 Å². The van der Waals surface area contributed by atoms with Crippen LogP contribution in [0.1, 0.15) is 31.4 Å². The van der Waals surface area contributed by atoms with Crippen molar-refractivity contribution in [2.24, 2.45) is 5.92 Å². The Balaban J connectivity index is 2.74. The highest BCUT2D eigenvalue weighted by atomic mass is 79.9. The predicted octanol–water partition coefficient (Wildman–Crippen LogP) is 4.01. The average molecular weight is 408 g/mol. The Morgan fingerprint density at radius 3 is 2.65 bits per heavy atom. The van der Waals surface area contributed by atoms with Crippen molar-refractivity contribution in [3.05, 3.63) is 38.8 Å². The summed E-state index contributed by atoms with van der Waals surface area (Å²) in [5.74, 6) is -1.07. The van der Waals surface area contributed by atoms with Crippen molar-refractivity contribution in [2.75, 3.05) is 0 Å². The summed E-state index contributed by atoms with van der Waals surface area (Å²) < 4.78 is 1.27. The summed E-state index contributed by atoms with van der Waals surface area (Å²) in [6, 6.07) is 3.38. The molecule has 3 N–H and O–H groups in total. The molecule has 0 aliphatic carbocycles. The first-order chi connectivity index (χ1) is 9.32. The van der Waals surface area contributed by atoms with Gasteiger partial charge in [0, 0.05) is 16.1 Å². The third kappa shape index (κ3) is 4.92. The van der Waals surface area contributed by atoms with Gasteiger partial charge in [0.2, 0.25) is 0 Å². The first kappa shape index (κ1) is 17.2. The molecule has 6 heteroatoms. The predicted molar refractivity (Wildman–Crippen MR) is 83.6 cm³/mol. The maximum Gasteiger partial charge on any atom is 0.327 e. The second-order valence-electron chi connectivity index (χ2n) is 4.57. The van der Waals surface area contributed by atoms with E-state index < -0.39 is 12.1 Å². The van der Waals surface area contributed by atoms with Crippen LogP contribution in [0.25, 0.3) is 0 Å². The van der Waals surface area contributed by atoms with Crippen LogP contribution < -0.4 is 0 Å². The van der Waals surface area contributed by atoms with Gasteiger partial charge in [-0.3, -0.25) is 0 Å². The Bertz CT molecular complexity index is 514. The summed E-state index contributed by atoms with van der Waals surface area (Å²) >= 11 is 6.54. The van der Waals surface area contributed by atoms with Crippen LogP contribution >= 0.6 is 31.9 Å². The molecule has 0 radical (unpaired) electrons. The zero-order valence-electron chi connectivity index (χ0n) is 10.9. The van der Waals surface area contributed by atoms with Crippen LogP contribution in [0.2, 0.25) is 0 Å². The lowest BCUT2D eigenvalue weighted by atomic mass is 9.93. The van der Waals surface area contributed by atoms with Gasteiger partial charge in [-0.1, -0.05) is 28.9 Å². The zero-order valence-corrected chi connectivity index (χ0v) is 14.1. The number of aliphatic carboxylic acids is 1. The van der Waals surface area contributed by atoms with Crippen molar-refractivity contribution in [1.29, 1.82) is 0 Å². The summed E-state index contributed by atoms with van der Waals surface area (Å²) in [5.41, 5.74) is 0.445. The molecule has 1 rings (SSSR count). The highest BCUT2D eigenvalue weighted by molar-refractivity contribution is 9.11. The first-order valence-electron chi connectivity index (χ1n) is 6.08. The van der Waals surface area contributed by atoms with Crippen LogP contribution in [0.4, 0.5) is 0 Å². The van der Waals surface area contributed by atoms with E-state index in [4.69, 9.17) is 5.11 Å². The highest BCUT2D eigenvalue weighted by Crippen LogP contribution is 2.38. The molecule has 4 nitrogen and oxygen atoms in total. The highest BCUT2D eigenvalue weighted by Gasteiger charge is 2.21. The molecule has 0 unspecified atom stereocenters. The number of phenolic OH excluding ortho intramolecular Hbond substituents is 1. The van der Waals surface area contributed by atoms with E-state index in [-0.39, 0.29) is 11.7 Å². The Kier molecular flexibility index (Phi) is 6.71. The molecular formula is C14H16Br2O4. The molecule has 1 aromatic rings. The summed E-state index contributed by atoms with van der Waals surface area (Å²) in [7, 11) is 0. The Morgan fingerprint density at radius 2 is 2.05 bits per heavy atom. The molecule has 0 saturated carbocycles. The number of aromatic hydroxyl groups is 1. The van der Waals surface area contributed by atoms with Crippen molar-refractivity contribution in [3.8, 4) is 5.75 Å². The Hall–Kier alpha value is -0.850. The van der Waals surface area contributed by atoms with Crippen molar-refractivity contribution in [2.45, 2.75) is 25.9 Å².